The van der Waals surface area contributed by atoms with Gasteiger partial charge in [0.25, 0.3) is 11.5 Å². The van der Waals surface area contributed by atoms with Crippen LogP contribution in [0.3, 0.4) is 0 Å². The molecule has 9 nitrogen and oxygen atoms in total. The quantitative estimate of drug-likeness (QED) is 0.314. The minimum atomic E-state index is -0.851. The monoisotopic (exact) mass is 613 g/mol. The van der Waals surface area contributed by atoms with E-state index < -0.39 is 17.6 Å². The number of fused-ring (bicyclic) bond motifs is 3. The number of nitrogens with zero attached hydrogens (tertiary/aromatic N) is 3. The summed E-state index contributed by atoms with van der Waals surface area (Å²) in [5.74, 6) is 0.229. The van der Waals surface area contributed by atoms with Crippen molar-refractivity contribution < 1.29 is 23.8 Å². The lowest BCUT2D eigenvalue weighted by Gasteiger charge is -2.24. The normalized spacial score (nSPS) is 18.0. The van der Waals surface area contributed by atoms with Crippen LogP contribution >= 0.6 is 22.9 Å². The Labute approximate surface area is 254 Å². The number of carbonyl (C=O) groups excluding carboxylic acids is 2. The number of hydrogen-bond donors (Lipinski definition) is 0. The molecule has 3 aliphatic heterocycles. The van der Waals surface area contributed by atoms with Gasteiger partial charge in [0, 0.05) is 10.6 Å². The number of amides is 1. The fourth-order valence-corrected chi connectivity index (χ4v) is 6.93. The van der Waals surface area contributed by atoms with Crippen molar-refractivity contribution >= 4 is 46.1 Å². The minimum Gasteiger partial charge on any atom is -0.463 e. The van der Waals surface area contributed by atoms with E-state index in [9.17, 15) is 14.4 Å². The topological polar surface area (TPSA) is 99.4 Å². The van der Waals surface area contributed by atoms with E-state index in [1.54, 1.807) is 49.1 Å². The average Bonchev–Trinajstić information content (AvgIpc) is 3.67. The third-order valence-corrected chi connectivity index (χ3v) is 8.91. The molecule has 1 amide bonds. The first-order valence-electron chi connectivity index (χ1n) is 13.6. The van der Waals surface area contributed by atoms with Gasteiger partial charge in [0.1, 0.15) is 4.53 Å². The second-order valence-electron chi connectivity index (χ2n) is 10.1. The van der Waals surface area contributed by atoms with E-state index in [2.05, 4.69) is 4.99 Å². The smallest absolute Gasteiger partial charge is 0.338 e. The Morgan fingerprint density at radius 2 is 1.84 bits per heavy atom. The van der Waals surface area contributed by atoms with E-state index in [1.807, 2.05) is 36.4 Å². The molecule has 216 valence electrons. The summed E-state index contributed by atoms with van der Waals surface area (Å²) in [5, 5.41) is 0.605. The number of esters is 1. The van der Waals surface area contributed by atoms with Gasteiger partial charge in [-0.3, -0.25) is 14.2 Å². The number of para-hydroxylation sites is 1. The maximum atomic E-state index is 14.4. The van der Waals surface area contributed by atoms with Crippen LogP contribution in [0.2, 0.25) is 5.02 Å². The molecule has 0 saturated carbocycles. The van der Waals surface area contributed by atoms with Crippen molar-refractivity contribution in [3.8, 4) is 11.5 Å². The Balaban J connectivity index is 1.43. The number of carbonyl (C=O) groups is 2. The molecule has 0 spiro atoms. The van der Waals surface area contributed by atoms with E-state index in [0.717, 1.165) is 16.9 Å². The average molecular weight is 614 g/mol. The fourth-order valence-electron chi connectivity index (χ4n) is 5.67. The predicted octanol–water partition coefficient (Wildman–Crippen LogP) is 4.10. The van der Waals surface area contributed by atoms with Gasteiger partial charge in [-0.15, -0.1) is 0 Å². The zero-order valence-corrected chi connectivity index (χ0v) is 24.7. The Kier molecular flexibility index (Phi) is 6.67. The van der Waals surface area contributed by atoms with Crippen molar-refractivity contribution in [2.75, 3.05) is 18.3 Å². The van der Waals surface area contributed by atoms with Crippen LogP contribution < -0.4 is 29.3 Å². The third kappa shape index (κ3) is 4.45. The predicted molar refractivity (Wildman–Crippen MR) is 161 cm³/mol. The highest BCUT2D eigenvalue weighted by atomic mass is 35.5. The molecule has 0 radical (unpaired) electrons. The summed E-state index contributed by atoms with van der Waals surface area (Å²) < 4.78 is 18.2. The van der Waals surface area contributed by atoms with Crippen molar-refractivity contribution in [2.24, 2.45) is 4.99 Å². The summed E-state index contributed by atoms with van der Waals surface area (Å²) in [6.07, 6.45) is 0. The van der Waals surface area contributed by atoms with Crippen molar-refractivity contribution in [3.05, 3.63) is 119 Å². The summed E-state index contributed by atoms with van der Waals surface area (Å²) in [6, 6.07) is 19.2. The minimum absolute atomic E-state index is 0.0819. The van der Waals surface area contributed by atoms with Crippen LogP contribution in [0.5, 0.6) is 11.5 Å². The van der Waals surface area contributed by atoms with Crippen LogP contribution in [0.4, 0.5) is 5.69 Å². The van der Waals surface area contributed by atoms with Crippen LogP contribution in [0, 0.1) is 0 Å². The molecule has 1 atom stereocenters. The van der Waals surface area contributed by atoms with Gasteiger partial charge >= 0.3 is 5.97 Å². The zero-order valence-electron chi connectivity index (χ0n) is 23.1. The highest BCUT2D eigenvalue weighted by Gasteiger charge is 2.38. The molecule has 1 aromatic heterocycles. The standard InChI is InChI=1S/C32H24ClN3O6S/c1-3-40-31(39)25-17(2)34-32-36(27(25)19-10-13-23-24(14-19)42-16-41-23)30(38)28(43-32)26-21-6-4-5-7-22(21)35(29(26)37)15-18-8-11-20(33)12-9-18/h4-14,27H,3,15-16H2,1-2H3/b28-26+/t27-/m1/s1. The van der Waals surface area contributed by atoms with Crippen molar-refractivity contribution in [1.82, 2.24) is 4.57 Å². The first-order chi connectivity index (χ1) is 20.9. The second-order valence-corrected chi connectivity index (χ2v) is 11.6. The number of aromatic nitrogens is 1. The SMILES string of the molecule is CCOC(=O)C1=C(C)N=c2s/c(=C3/C(=O)N(Cc4ccc(Cl)cc4)c4ccccc43)c(=O)n2[C@@H]1c1ccc2c(c1)OCO2. The highest BCUT2D eigenvalue weighted by Crippen LogP contribution is 2.39. The summed E-state index contributed by atoms with van der Waals surface area (Å²) in [6.45, 7) is 3.99. The van der Waals surface area contributed by atoms with Crippen LogP contribution in [-0.2, 0) is 20.9 Å². The molecule has 0 saturated heterocycles. The lowest BCUT2D eigenvalue weighted by molar-refractivity contribution is -0.139. The molecular formula is C32H24ClN3O6S. The first kappa shape index (κ1) is 27.2. The molecule has 0 aliphatic carbocycles. The zero-order chi connectivity index (χ0) is 29.8. The van der Waals surface area contributed by atoms with Gasteiger partial charge in [0.05, 0.1) is 41.7 Å². The molecule has 0 unspecified atom stereocenters. The number of hydrogen-bond acceptors (Lipinski definition) is 8. The van der Waals surface area contributed by atoms with E-state index in [1.165, 1.54) is 4.57 Å². The Bertz CT molecular complexity index is 2050. The summed E-state index contributed by atoms with van der Waals surface area (Å²) in [5.41, 5.74) is 3.44. The van der Waals surface area contributed by atoms with Gasteiger partial charge in [-0.25, -0.2) is 9.79 Å². The van der Waals surface area contributed by atoms with Crippen molar-refractivity contribution in [2.45, 2.75) is 26.4 Å². The third-order valence-electron chi connectivity index (χ3n) is 7.61. The van der Waals surface area contributed by atoms with E-state index in [0.29, 0.717) is 56.0 Å². The van der Waals surface area contributed by atoms with Gasteiger partial charge in [-0.2, -0.15) is 0 Å². The number of ether oxygens (including phenoxy) is 3. The highest BCUT2D eigenvalue weighted by molar-refractivity contribution is 7.07. The number of benzene rings is 3. The summed E-state index contributed by atoms with van der Waals surface area (Å²) in [4.78, 5) is 48.4. The largest absolute Gasteiger partial charge is 0.463 e. The molecule has 0 bridgehead atoms. The van der Waals surface area contributed by atoms with Crippen molar-refractivity contribution in [3.63, 3.8) is 0 Å². The molecule has 3 aliphatic rings. The number of anilines is 1. The number of allylic oxidation sites excluding steroid dienone is 1. The second kappa shape index (κ2) is 10.6. The Morgan fingerprint density at radius 1 is 1.07 bits per heavy atom. The molecule has 11 heteroatoms. The van der Waals surface area contributed by atoms with E-state index >= 15 is 0 Å². The maximum Gasteiger partial charge on any atom is 0.338 e. The summed E-state index contributed by atoms with van der Waals surface area (Å²) >= 11 is 7.21. The number of halogens is 1. The molecule has 0 N–H and O–H groups in total. The molecule has 0 fully saturated rings. The molecular weight excluding hydrogens is 590 g/mol. The van der Waals surface area contributed by atoms with Crippen LogP contribution in [0.1, 0.15) is 36.6 Å². The lowest BCUT2D eigenvalue weighted by atomic mass is 9.95. The van der Waals surface area contributed by atoms with Gasteiger partial charge in [0.15, 0.2) is 16.3 Å². The van der Waals surface area contributed by atoms with Gasteiger partial charge < -0.3 is 19.1 Å². The number of rotatable bonds is 5. The van der Waals surface area contributed by atoms with Gasteiger partial charge in [0.2, 0.25) is 6.79 Å². The fraction of sp³-hybridized carbons (Fsp3) is 0.188. The van der Waals surface area contributed by atoms with Gasteiger partial charge in [-0.1, -0.05) is 59.3 Å². The molecule has 4 aromatic rings. The maximum absolute atomic E-state index is 14.4. The molecule has 43 heavy (non-hydrogen) atoms. The summed E-state index contributed by atoms with van der Waals surface area (Å²) in [7, 11) is 0. The van der Waals surface area contributed by atoms with E-state index in [-0.39, 0.29) is 29.4 Å². The Hall–Kier alpha value is -4.67. The molecule has 4 heterocycles. The number of thiazole rings is 1. The van der Waals surface area contributed by atoms with E-state index in [4.69, 9.17) is 25.8 Å². The lowest BCUT2D eigenvalue weighted by Crippen LogP contribution is -2.41. The Morgan fingerprint density at radius 3 is 2.63 bits per heavy atom. The van der Waals surface area contributed by atoms with Crippen LogP contribution in [0.25, 0.3) is 5.57 Å². The molecule has 7 rings (SSSR count). The van der Waals surface area contributed by atoms with Gasteiger partial charge in [-0.05, 0) is 55.3 Å². The van der Waals surface area contributed by atoms with Crippen LogP contribution in [0.15, 0.2) is 87.8 Å². The first-order valence-corrected chi connectivity index (χ1v) is 14.8. The van der Waals surface area contributed by atoms with Crippen LogP contribution in [-0.4, -0.2) is 29.8 Å². The van der Waals surface area contributed by atoms with Crippen molar-refractivity contribution in [1.29, 1.82) is 0 Å². The molecule has 3 aromatic carbocycles.